The third-order valence-electron chi connectivity index (χ3n) is 4.63. The topological polar surface area (TPSA) is 50.5 Å². The van der Waals surface area contributed by atoms with E-state index >= 15 is 0 Å². The summed E-state index contributed by atoms with van der Waals surface area (Å²) in [6.07, 6.45) is 9.43. The molecule has 0 radical (unpaired) electrons. The molecule has 1 aliphatic heterocycles. The molecule has 0 saturated heterocycles. The van der Waals surface area contributed by atoms with E-state index in [0.29, 0.717) is 35.6 Å². The van der Waals surface area contributed by atoms with Crippen LogP contribution in [-0.4, -0.2) is 29.2 Å². The van der Waals surface area contributed by atoms with E-state index in [1.807, 2.05) is 11.0 Å². The number of carbonyl (C=O) groups is 2. The summed E-state index contributed by atoms with van der Waals surface area (Å²) in [6, 6.07) is 0.149. The molecular weight excluding hydrogens is 278 g/mol. The number of amides is 1. The van der Waals surface area contributed by atoms with Crippen molar-refractivity contribution in [1.29, 1.82) is 0 Å². The minimum Gasteiger partial charge on any atom is -0.465 e. The average Bonchev–Trinajstić information content (AvgIpc) is 3.08. The molecule has 1 unspecified atom stereocenters. The fourth-order valence-electron chi connectivity index (χ4n) is 3.48. The van der Waals surface area contributed by atoms with Crippen LogP contribution in [0.25, 0.3) is 0 Å². The number of hydrogen-bond acceptors (Lipinski definition) is 3. The smallest absolute Gasteiger partial charge is 0.258 e. The van der Waals surface area contributed by atoms with Crippen LogP contribution in [0.3, 0.4) is 0 Å². The van der Waals surface area contributed by atoms with E-state index in [4.69, 9.17) is 4.42 Å². The lowest BCUT2D eigenvalue weighted by atomic mass is 9.92. The molecular formula is C18H23NO3. The van der Waals surface area contributed by atoms with E-state index in [9.17, 15) is 9.59 Å². The minimum atomic E-state index is -0.0520. The van der Waals surface area contributed by atoms with Crippen molar-refractivity contribution in [3.05, 3.63) is 34.8 Å². The first-order chi connectivity index (χ1) is 10.6. The summed E-state index contributed by atoms with van der Waals surface area (Å²) in [5.41, 5.74) is 1.06. The van der Waals surface area contributed by atoms with Gasteiger partial charge in [-0.25, -0.2) is 0 Å². The highest BCUT2D eigenvalue weighted by Crippen LogP contribution is 2.31. The molecule has 1 aromatic rings. The second-order valence-corrected chi connectivity index (χ2v) is 6.20. The van der Waals surface area contributed by atoms with Gasteiger partial charge in [-0.1, -0.05) is 31.9 Å². The molecule has 1 atom stereocenters. The highest BCUT2D eigenvalue weighted by Gasteiger charge is 2.34. The van der Waals surface area contributed by atoms with E-state index in [0.717, 1.165) is 32.1 Å². The van der Waals surface area contributed by atoms with Gasteiger partial charge in [-0.2, -0.15) is 0 Å². The third kappa shape index (κ3) is 2.51. The van der Waals surface area contributed by atoms with Crippen LogP contribution < -0.4 is 0 Å². The molecule has 0 spiro atoms. The largest absolute Gasteiger partial charge is 0.465 e. The normalized spacial score (nSPS) is 20.5. The number of unbranched alkanes of at least 4 members (excludes halogenated alkanes) is 1. The standard InChI is InChI=1S/C18H23NO3/c1-3-4-7-13-8-6-11-19(13)18(21)16-12(2)22-15-10-5-9-14(20)17(15)16/h6,8,13H,3-5,7,9-11H2,1-2H3. The number of nitrogens with zero attached hydrogens (tertiary/aromatic N) is 1. The molecule has 2 aliphatic rings. The predicted octanol–water partition coefficient (Wildman–Crippen LogP) is 3.68. The van der Waals surface area contributed by atoms with Crippen molar-refractivity contribution in [3.8, 4) is 0 Å². The van der Waals surface area contributed by atoms with Crippen molar-refractivity contribution in [3.63, 3.8) is 0 Å². The number of aryl methyl sites for hydroxylation is 2. The number of fused-ring (bicyclic) bond motifs is 1. The highest BCUT2D eigenvalue weighted by molar-refractivity contribution is 6.10. The number of Topliss-reactive ketones (excluding diaryl/α,β-unsaturated/α-hetero) is 1. The Kier molecular flexibility index (Phi) is 4.19. The van der Waals surface area contributed by atoms with E-state index in [-0.39, 0.29) is 17.7 Å². The van der Waals surface area contributed by atoms with Gasteiger partial charge in [0.25, 0.3) is 5.91 Å². The first kappa shape index (κ1) is 15.1. The molecule has 1 aromatic heterocycles. The van der Waals surface area contributed by atoms with Crippen molar-refractivity contribution in [2.75, 3.05) is 6.54 Å². The summed E-state index contributed by atoms with van der Waals surface area (Å²) in [5.74, 6) is 1.29. The SMILES string of the molecule is CCCCC1C=CCN1C(=O)c1c(C)oc2c1C(=O)CCC2. The predicted molar refractivity (Wildman–Crippen MR) is 84.2 cm³/mol. The molecule has 1 aliphatic carbocycles. The third-order valence-corrected chi connectivity index (χ3v) is 4.63. The molecule has 0 saturated carbocycles. The van der Waals surface area contributed by atoms with Crippen molar-refractivity contribution >= 4 is 11.7 Å². The maximum atomic E-state index is 13.0. The number of rotatable bonds is 4. The Labute approximate surface area is 131 Å². The van der Waals surface area contributed by atoms with Gasteiger partial charge < -0.3 is 9.32 Å². The Morgan fingerprint density at radius 3 is 3.00 bits per heavy atom. The van der Waals surface area contributed by atoms with Gasteiger partial charge in [0.05, 0.1) is 17.2 Å². The lowest BCUT2D eigenvalue weighted by Gasteiger charge is -2.25. The van der Waals surface area contributed by atoms with Gasteiger partial charge in [0.15, 0.2) is 5.78 Å². The van der Waals surface area contributed by atoms with E-state index < -0.39 is 0 Å². The molecule has 0 fully saturated rings. The highest BCUT2D eigenvalue weighted by atomic mass is 16.3. The Bertz CT molecular complexity index is 627. The molecule has 0 bridgehead atoms. The molecule has 4 heteroatoms. The monoisotopic (exact) mass is 301 g/mol. The zero-order chi connectivity index (χ0) is 15.7. The van der Waals surface area contributed by atoms with Crippen LogP contribution >= 0.6 is 0 Å². The van der Waals surface area contributed by atoms with Crippen molar-refractivity contribution < 1.29 is 14.0 Å². The quantitative estimate of drug-likeness (QED) is 0.797. The van der Waals surface area contributed by atoms with Gasteiger partial charge >= 0.3 is 0 Å². The number of carbonyl (C=O) groups excluding carboxylic acids is 2. The molecule has 3 rings (SSSR count). The number of hydrogen-bond donors (Lipinski definition) is 0. The number of furan rings is 1. The zero-order valence-corrected chi connectivity index (χ0v) is 13.4. The zero-order valence-electron chi connectivity index (χ0n) is 13.4. The molecule has 0 N–H and O–H groups in total. The minimum absolute atomic E-state index is 0.0520. The second-order valence-electron chi connectivity index (χ2n) is 6.20. The molecule has 2 heterocycles. The summed E-state index contributed by atoms with van der Waals surface area (Å²) in [6.45, 7) is 4.57. The van der Waals surface area contributed by atoms with Gasteiger partial charge in [0, 0.05) is 19.4 Å². The Morgan fingerprint density at radius 1 is 1.41 bits per heavy atom. The maximum absolute atomic E-state index is 13.0. The summed E-state index contributed by atoms with van der Waals surface area (Å²) in [7, 11) is 0. The van der Waals surface area contributed by atoms with Crippen LogP contribution in [0.1, 0.15) is 71.3 Å². The van der Waals surface area contributed by atoms with Crippen LogP contribution in [0.4, 0.5) is 0 Å². The first-order valence-electron chi connectivity index (χ1n) is 8.26. The second kappa shape index (κ2) is 6.11. The van der Waals surface area contributed by atoms with Crippen LogP contribution in [0.15, 0.2) is 16.6 Å². The van der Waals surface area contributed by atoms with Gasteiger partial charge in [0.1, 0.15) is 11.5 Å². The van der Waals surface area contributed by atoms with Crippen molar-refractivity contribution in [2.45, 2.75) is 58.4 Å². The lowest BCUT2D eigenvalue weighted by molar-refractivity contribution is 0.0736. The fourth-order valence-corrected chi connectivity index (χ4v) is 3.48. The maximum Gasteiger partial charge on any atom is 0.258 e. The molecule has 22 heavy (non-hydrogen) atoms. The van der Waals surface area contributed by atoms with Gasteiger partial charge in [-0.15, -0.1) is 0 Å². The molecule has 1 amide bonds. The summed E-state index contributed by atoms with van der Waals surface area (Å²) in [4.78, 5) is 27.1. The lowest BCUT2D eigenvalue weighted by Crippen LogP contribution is -2.37. The first-order valence-corrected chi connectivity index (χ1v) is 8.26. The Hall–Kier alpha value is -1.84. The number of ketones is 1. The van der Waals surface area contributed by atoms with E-state index in [2.05, 4.69) is 13.0 Å². The van der Waals surface area contributed by atoms with Crippen molar-refractivity contribution in [1.82, 2.24) is 4.90 Å². The van der Waals surface area contributed by atoms with Gasteiger partial charge in [-0.05, 0) is 19.8 Å². The van der Waals surface area contributed by atoms with Crippen molar-refractivity contribution in [2.24, 2.45) is 0 Å². The molecule has 0 aromatic carbocycles. The summed E-state index contributed by atoms with van der Waals surface area (Å²) in [5, 5.41) is 0. The molecule has 118 valence electrons. The Balaban J connectivity index is 1.90. The van der Waals surface area contributed by atoms with Crippen LogP contribution in [0.2, 0.25) is 0 Å². The van der Waals surface area contributed by atoms with Gasteiger partial charge in [-0.3, -0.25) is 9.59 Å². The van der Waals surface area contributed by atoms with Gasteiger partial charge in [0.2, 0.25) is 0 Å². The van der Waals surface area contributed by atoms with Crippen LogP contribution in [0.5, 0.6) is 0 Å². The van der Waals surface area contributed by atoms with Crippen LogP contribution in [0, 0.1) is 6.92 Å². The fraction of sp³-hybridized carbons (Fsp3) is 0.556. The summed E-state index contributed by atoms with van der Waals surface area (Å²) < 4.78 is 5.72. The van der Waals surface area contributed by atoms with Crippen LogP contribution in [-0.2, 0) is 6.42 Å². The molecule has 4 nitrogen and oxygen atoms in total. The average molecular weight is 301 g/mol. The Morgan fingerprint density at radius 2 is 2.23 bits per heavy atom. The van der Waals surface area contributed by atoms with E-state index in [1.54, 1.807) is 6.92 Å². The van der Waals surface area contributed by atoms with E-state index in [1.165, 1.54) is 0 Å². The summed E-state index contributed by atoms with van der Waals surface area (Å²) >= 11 is 0.